The summed E-state index contributed by atoms with van der Waals surface area (Å²) in [6, 6.07) is 10.6. The molecule has 0 bridgehead atoms. The summed E-state index contributed by atoms with van der Waals surface area (Å²) < 4.78 is 27.8. The molecule has 50 heavy (non-hydrogen) atoms. The third kappa shape index (κ3) is 17.5. The molecule has 3 atom stereocenters. The Balaban J connectivity index is 3.32. The minimum atomic E-state index is -2.05. The maximum atomic E-state index is 7.26. The second-order valence-corrected chi connectivity index (χ2v) is 33.8. The van der Waals surface area contributed by atoms with E-state index >= 15 is 0 Å². The molecule has 0 aliphatic carbocycles. The minimum absolute atomic E-state index is 0.0167. The van der Waals surface area contributed by atoms with Gasteiger partial charge in [-0.25, -0.2) is 0 Å². The topological polar surface area (TPSA) is 36.9 Å². The summed E-state index contributed by atoms with van der Waals surface area (Å²) in [6.07, 6.45) is 17.7. The largest absolute Gasteiger partial charge is 0.417 e. The van der Waals surface area contributed by atoms with Crippen LogP contribution in [-0.2, 0) is 24.6 Å². The smallest absolute Gasteiger partial charge is 0.192 e. The van der Waals surface area contributed by atoms with Crippen molar-refractivity contribution in [1.29, 1.82) is 0 Å². The molecular weight excluding hydrogens is 665 g/mol. The summed E-state index contributed by atoms with van der Waals surface area (Å²) in [5.41, 5.74) is 1.20. The summed E-state index contributed by atoms with van der Waals surface area (Å²) in [4.78, 5) is 0. The van der Waals surface area contributed by atoms with Crippen LogP contribution < -0.4 is 0 Å². The summed E-state index contributed by atoms with van der Waals surface area (Å²) in [6.45, 7) is 39.0. The van der Waals surface area contributed by atoms with Gasteiger partial charge in [-0.3, -0.25) is 0 Å². The van der Waals surface area contributed by atoms with Crippen molar-refractivity contribution in [2.24, 2.45) is 0 Å². The van der Waals surface area contributed by atoms with E-state index in [1.807, 2.05) is 0 Å². The normalized spacial score (nSPS) is 15.8. The fourth-order valence-electron chi connectivity index (χ4n) is 5.18. The lowest BCUT2D eigenvalue weighted by molar-refractivity contribution is -0.0171. The van der Waals surface area contributed by atoms with Crippen molar-refractivity contribution in [3.8, 4) is 0 Å². The zero-order chi connectivity index (χ0) is 38.3. The SMILES string of the molecule is CCCCCCCC[C@H](O[Si](C)(C)C(C)(C)C)[C@@H](/C=C/[C@H](CCCCCO[Si](C)(C)C(C)(C)C)O[Si](C)(C)C(C)(C)C)OCc1ccccc1. The van der Waals surface area contributed by atoms with Gasteiger partial charge in [0.1, 0.15) is 6.10 Å². The molecule has 1 aromatic carbocycles. The van der Waals surface area contributed by atoms with Crippen LogP contribution in [-0.4, -0.2) is 49.9 Å². The highest BCUT2D eigenvalue weighted by Gasteiger charge is 2.41. The van der Waals surface area contributed by atoms with Crippen molar-refractivity contribution >= 4 is 25.0 Å². The number of unbranched alkanes of at least 4 members (excludes halogenated alkanes) is 7. The summed E-state index contributed by atoms with van der Waals surface area (Å²) in [5, 5.41) is 0.521. The van der Waals surface area contributed by atoms with Crippen molar-refractivity contribution < 1.29 is 18.0 Å². The maximum Gasteiger partial charge on any atom is 0.192 e. The lowest BCUT2D eigenvalue weighted by Crippen LogP contribution is -2.47. The summed E-state index contributed by atoms with van der Waals surface area (Å²) in [5.74, 6) is 0. The fourth-order valence-corrected chi connectivity index (χ4v) is 8.93. The third-order valence-electron chi connectivity index (χ3n) is 11.9. The van der Waals surface area contributed by atoms with Gasteiger partial charge in [-0.1, -0.05) is 163 Å². The van der Waals surface area contributed by atoms with E-state index in [4.69, 9.17) is 18.0 Å². The van der Waals surface area contributed by atoms with Crippen LogP contribution in [0, 0.1) is 0 Å². The van der Waals surface area contributed by atoms with Crippen molar-refractivity contribution in [3.05, 3.63) is 48.0 Å². The summed E-state index contributed by atoms with van der Waals surface area (Å²) in [7, 11) is -5.75. The second-order valence-electron chi connectivity index (χ2n) is 19.5. The van der Waals surface area contributed by atoms with Crippen LogP contribution in [0.15, 0.2) is 42.5 Å². The first-order valence-electron chi connectivity index (χ1n) is 20.3. The first kappa shape index (κ1) is 47.5. The first-order valence-corrected chi connectivity index (χ1v) is 29.0. The Morgan fingerprint density at radius 1 is 0.580 bits per heavy atom. The van der Waals surface area contributed by atoms with Crippen LogP contribution >= 0.6 is 0 Å². The van der Waals surface area contributed by atoms with Crippen LogP contribution in [0.4, 0.5) is 0 Å². The van der Waals surface area contributed by atoms with Crippen molar-refractivity contribution in [1.82, 2.24) is 0 Å². The molecule has 0 N–H and O–H groups in total. The molecule has 0 aliphatic heterocycles. The molecule has 7 heteroatoms. The Bertz CT molecular complexity index is 1060. The van der Waals surface area contributed by atoms with Gasteiger partial charge in [0.15, 0.2) is 25.0 Å². The van der Waals surface area contributed by atoms with Crippen molar-refractivity contribution in [2.75, 3.05) is 6.61 Å². The molecule has 0 aliphatic rings. The standard InChI is InChI=1S/C43H84O4Si3/c1-17-18-19-20-21-27-32-40(47-50(15,16)43(8,9)10)39(44-36-37-29-24-22-25-30-37)34-33-38(46-49(13,14)42(5,6)7)31-26-23-28-35-45-48(11,12)41(2,3)4/h22,24-25,29-30,33-34,38-40H,17-21,23,26-28,31-32,35-36H2,1-16H3/b34-33+/t38-,39+,40-/m0/s1. The van der Waals surface area contributed by atoms with Crippen LogP contribution in [0.2, 0.25) is 54.4 Å². The predicted molar refractivity (Wildman–Crippen MR) is 228 cm³/mol. The first-order chi connectivity index (χ1) is 22.9. The summed E-state index contributed by atoms with van der Waals surface area (Å²) >= 11 is 0. The van der Waals surface area contributed by atoms with Gasteiger partial charge in [0, 0.05) is 6.61 Å². The van der Waals surface area contributed by atoms with Gasteiger partial charge < -0.3 is 18.0 Å². The van der Waals surface area contributed by atoms with E-state index in [0.717, 1.165) is 38.7 Å². The van der Waals surface area contributed by atoms with Gasteiger partial charge >= 0.3 is 0 Å². The zero-order valence-electron chi connectivity index (χ0n) is 36.1. The average Bonchev–Trinajstić information content (AvgIpc) is 2.98. The monoisotopic (exact) mass is 749 g/mol. The third-order valence-corrected chi connectivity index (χ3v) is 25.5. The fraction of sp³-hybridized carbons (Fsp3) is 0.814. The molecule has 4 nitrogen and oxygen atoms in total. The van der Waals surface area contributed by atoms with Gasteiger partial charge in [-0.2, -0.15) is 0 Å². The molecule has 0 aromatic heterocycles. The van der Waals surface area contributed by atoms with E-state index in [1.165, 1.54) is 44.1 Å². The number of hydrogen-bond acceptors (Lipinski definition) is 4. The lowest BCUT2D eigenvalue weighted by atomic mass is 10.0. The number of hydrogen-bond donors (Lipinski definition) is 0. The second kappa shape index (κ2) is 21.4. The van der Waals surface area contributed by atoms with Gasteiger partial charge in [-0.05, 0) is 79.2 Å². The quantitative estimate of drug-likeness (QED) is 0.0599. The maximum absolute atomic E-state index is 7.26. The van der Waals surface area contributed by atoms with Crippen LogP contribution in [0.1, 0.15) is 145 Å². The lowest BCUT2D eigenvalue weighted by Gasteiger charge is -2.41. The molecule has 0 spiro atoms. The Labute approximate surface area is 315 Å². The Hall–Kier alpha value is -0.549. The van der Waals surface area contributed by atoms with Gasteiger partial charge in [-0.15, -0.1) is 0 Å². The molecule has 0 radical (unpaired) electrons. The van der Waals surface area contributed by atoms with Gasteiger partial charge in [0.25, 0.3) is 0 Å². The van der Waals surface area contributed by atoms with Crippen LogP contribution in [0.3, 0.4) is 0 Å². The Morgan fingerprint density at radius 2 is 1.08 bits per heavy atom. The number of benzene rings is 1. The van der Waals surface area contributed by atoms with Gasteiger partial charge in [0.05, 0.1) is 18.8 Å². The molecule has 0 fully saturated rings. The molecule has 0 amide bonds. The highest BCUT2D eigenvalue weighted by molar-refractivity contribution is 6.75. The molecular formula is C43H84O4Si3. The Morgan fingerprint density at radius 3 is 1.64 bits per heavy atom. The molecule has 292 valence electrons. The van der Waals surface area contributed by atoms with Crippen LogP contribution in [0.25, 0.3) is 0 Å². The van der Waals surface area contributed by atoms with Crippen molar-refractivity contribution in [3.63, 3.8) is 0 Å². The van der Waals surface area contributed by atoms with E-state index in [-0.39, 0.29) is 33.4 Å². The molecule has 0 heterocycles. The van der Waals surface area contributed by atoms with Crippen molar-refractivity contribution in [2.45, 2.75) is 219 Å². The average molecular weight is 749 g/mol. The van der Waals surface area contributed by atoms with E-state index < -0.39 is 25.0 Å². The molecule has 0 saturated carbocycles. The molecule has 1 rings (SSSR count). The zero-order valence-corrected chi connectivity index (χ0v) is 39.1. The number of ether oxygens (including phenoxy) is 1. The van der Waals surface area contributed by atoms with Crippen LogP contribution in [0.5, 0.6) is 0 Å². The molecule has 0 unspecified atom stereocenters. The minimum Gasteiger partial charge on any atom is -0.417 e. The van der Waals surface area contributed by atoms with E-state index in [9.17, 15) is 0 Å². The van der Waals surface area contributed by atoms with E-state index in [2.05, 4.69) is 151 Å². The molecule has 1 aromatic rings. The Kier molecular flexibility index (Phi) is 20.3. The van der Waals surface area contributed by atoms with E-state index in [0.29, 0.717) is 6.61 Å². The van der Waals surface area contributed by atoms with E-state index in [1.54, 1.807) is 0 Å². The predicted octanol–water partition coefficient (Wildman–Crippen LogP) is 14.2. The number of rotatable bonds is 24. The van der Waals surface area contributed by atoms with Gasteiger partial charge in [0.2, 0.25) is 0 Å². The molecule has 0 saturated heterocycles. The highest BCUT2D eigenvalue weighted by atomic mass is 28.4. The highest BCUT2D eigenvalue weighted by Crippen LogP contribution is 2.40.